The zero-order valence-electron chi connectivity index (χ0n) is 13.0. The Morgan fingerprint density at radius 1 is 1.22 bits per heavy atom. The van der Waals surface area contributed by atoms with E-state index in [1.165, 1.54) is 35.2 Å². The van der Waals surface area contributed by atoms with E-state index in [4.69, 9.17) is 4.98 Å². The van der Waals surface area contributed by atoms with Crippen LogP contribution in [0.4, 0.5) is 0 Å². The summed E-state index contributed by atoms with van der Waals surface area (Å²) >= 11 is 0. The molecule has 1 aliphatic heterocycles. The van der Waals surface area contributed by atoms with Gasteiger partial charge in [0.15, 0.2) is 0 Å². The molecule has 2 aromatic heterocycles. The highest BCUT2D eigenvalue weighted by Crippen LogP contribution is 2.38. The summed E-state index contributed by atoms with van der Waals surface area (Å²) in [6.45, 7) is 2.86. The summed E-state index contributed by atoms with van der Waals surface area (Å²) in [5.74, 6) is 1.70. The molecule has 3 aromatic rings. The third-order valence-electron chi connectivity index (χ3n) is 4.90. The van der Waals surface area contributed by atoms with E-state index in [9.17, 15) is 0 Å². The van der Waals surface area contributed by atoms with Crippen LogP contribution in [0.15, 0.2) is 30.5 Å². The zero-order chi connectivity index (χ0) is 15.2. The monoisotopic (exact) mass is 305 g/mol. The maximum absolute atomic E-state index is 4.80. The third kappa shape index (κ3) is 2.41. The Kier molecular flexibility index (Phi) is 2.94. The molecule has 0 spiro atoms. The van der Waals surface area contributed by atoms with Crippen LogP contribution in [0.3, 0.4) is 0 Å². The Balaban J connectivity index is 1.37. The fraction of sp³-hybridized carbons (Fsp3) is 0.389. The molecule has 23 heavy (non-hydrogen) atoms. The Hall–Kier alpha value is -2.27. The molecular formula is C18H19N5. The van der Waals surface area contributed by atoms with Gasteiger partial charge in [-0.25, -0.2) is 9.97 Å². The van der Waals surface area contributed by atoms with Crippen molar-refractivity contribution in [3.05, 3.63) is 53.2 Å². The normalized spacial score (nSPS) is 18.3. The second-order valence-electron chi connectivity index (χ2n) is 6.65. The van der Waals surface area contributed by atoms with Crippen molar-refractivity contribution in [2.24, 2.45) is 0 Å². The smallest absolute Gasteiger partial charge is 0.131 e. The van der Waals surface area contributed by atoms with Gasteiger partial charge in [0.2, 0.25) is 0 Å². The van der Waals surface area contributed by atoms with E-state index >= 15 is 0 Å². The van der Waals surface area contributed by atoms with Crippen molar-refractivity contribution < 1.29 is 0 Å². The molecule has 3 heterocycles. The molecule has 5 heteroatoms. The van der Waals surface area contributed by atoms with Gasteiger partial charge in [0.1, 0.15) is 5.82 Å². The number of nitrogens with zero attached hydrogens (tertiary/aromatic N) is 4. The van der Waals surface area contributed by atoms with Crippen LogP contribution in [0.25, 0.3) is 10.9 Å². The highest BCUT2D eigenvalue weighted by Gasteiger charge is 2.28. The van der Waals surface area contributed by atoms with Crippen molar-refractivity contribution in [2.75, 3.05) is 6.54 Å². The number of hydrogen-bond acceptors (Lipinski definition) is 4. The molecule has 1 aliphatic carbocycles. The van der Waals surface area contributed by atoms with Crippen LogP contribution in [0.1, 0.15) is 41.5 Å². The number of aromatic nitrogens is 4. The minimum atomic E-state index is 0.634. The van der Waals surface area contributed by atoms with Gasteiger partial charge in [0, 0.05) is 54.8 Å². The van der Waals surface area contributed by atoms with Crippen LogP contribution >= 0.6 is 0 Å². The molecule has 5 nitrogen and oxygen atoms in total. The lowest BCUT2D eigenvalue weighted by Gasteiger charge is -2.27. The number of para-hydroxylation sites is 1. The van der Waals surface area contributed by atoms with E-state index in [0.717, 1.165) is 37.4 Å². The molecule has 0 radical (unpaired) electrons. The molecule has 0 saturated heterocycles. The van der Waals surface area contributed by atoms with Crippen LogP contribution in [0.5, 0.6) is 0 Å². The molecule has 1 aromatic carbocycles. The first-order valence-electron chi connectivity index (χ1n) is 8.36. The van der Waals surface area contributed by atoms with Gasteiger partial charge in [-0.1, -0.05) is 18.2 Å². The van der Waals surface area contributed by atoms with Crippen LogP contribution in [0, 0.1) is 0 Å². The average molecular weight is 305 g/mol. The maximum atomic E-state index is 4.80. The Bertz CT molecular complexity index is 865. The average Bonchev–Trinajstić information content (AvgIpc) is 3.37. The molecule has 0 unspecified atom stereocenters. The van der Waals surface area contributed by atoms with Gasteiger partial charge in [-0.3, -0.25) is 10.00 Å². The van der Waals surface area contributed by atoms with E-state index in [2.05, 4.69) is 32.2 Å². The van der Waals surface area contributed by atoms with Crippen molar-refractivity contribution in [2.45, 2.75) is 38.3 Å². The van der Waals surface area contributed by atoms with Gasteiger partial charge in [0.25, 0.3) is 0 Å². The largest absolute Gasteiger partial charge is 0.293 e. The maximum Gasteiger partial charge on any atom is 0.131 e. The lowest BCUT2D eigenvalue weighted by atomic mass is 10.1. The fourth-order valence-corrected chi connectivity index (χ4v) is 3.42. The quantitative estimate of drug-likeness (QED) is 0.808. The topological polar surface area (TPSA) is 57.7 Å². The lowest BCUT2D eigenvalue weighted by molar-refractivity contribution is 0.240. The van der Waals surface area contributed by atoms with Crippen LogP contribution < -0.4 is 0 Å². The molecule has 0 bridgehead atoms. The van der Waals surface area contributed by atoms with Gasteiger partial charge in [-0.05, 0) is 18.9 Å². The molecule has 0 atom stereocenters. The first-order chi connectivity index (χ1) is 11.4. The highest BCUT2D eigenvalue weighted by atomic mass is 15.2. The number of benzene rings is 1. The summed E-state index contributed by atoms with van der Waals surface area (Å²) < 4.78 is 0. The van der Waals surface area contributed by atoms with Crippen molar-refractivity contribution in [3.8, 4) is 0 Å². The predicted octanol–water partition coefficient (Wildman–Crippen LogP) is 2.79. The number of hydrogen-bond donors (Lipinski definition) is 1. The van der Waals surface area contributed by atoms with Gasteiger partial charge in [0.05, 0.1) is 11.2 Å². The van der Waals surface area contributed by atoms with Crippen molar-refractivity contribution in [1.29, 1.82) is 0 Å². The molecule has 1 saturated carbocycles. The summed E-state index contributed by atoms with van der Waals surface area (Å²) in [5.41, 5.74) is 4.77. The van der Waals surface area contributed by atoms with Crippen molar-refractivity contribution in [3.63, 3.8) is 0 Å². The minimum absolute atomic E-state index is 0.634. The second kappa shape index (κ2) is 5.13. The summed E-state index contributed by atoms with van der Waals surface area (Å²) in [7, 11) is 0. The zero-order valence-corrected chi connectivity index (χ0v) is 13.0. The third-order valence-corrected chi connectivity index (χ3v) is 4.90. The van der Waals surface area contributed by atoms with Gasteiger partial charge in [-0.15, -0.1) is 0 Å². The lowest BCUT2D eigenvalue weighted by Crippen LogP contribution is -2.31. The van der Waals surface area contributed by atoms with Gasteiger partial charge in [-0.2, -0.15) is 5.10 Å². The van der Waals surface area contributed by atoms with E-state index < -0.39 is 0 Å². The van der Waals surface area contributed by atoms with E-state index in [1.54, 1.807) is 0 Å². The SMILES string of the molecule is c1ccc2c(CN3CCc4nc(C5CC5)ncc4C3)[nH]nc2c1. The Labute approximate surface area is 134 Å². The summed E-state index contributed by atoms with van der Waals surface area (Å²) in [6.07, 6.45) is 5.59. The molecule has 2 aliphatic rings. The van der Waals surface area contributed by atoms with Gasteiger partial charge < -0.3 is 0 Å². The summed E-state index contributed by atoms with van der Waals surface area (Å²) in [5, 5.41) is 8.81. The first-order valence-corrected chi connectivity index (χ1v) is 8.36. The molecule has 0 amide bonds. The number of aromatic amines is 1. The standard InChI is InChI=1S/C18H19N5/c1-2-4-16-14(3-1)17(22-21-16)11-23-8-7-15-13(10-23)9-19-18(20-15)12-5-6-12/h1-4,9,12H,5-8,10-11H2,(H,21,22). The summed E-state index contributed by atoms with van der Waals surface area (Å²) in [6, 6.07) is 8.28. The first kappa shape index (κ1) is 13.2. The molecule has 5 rings (SSSR count). The van der Waals surface area contributed by atoms with Crippen LogP contribution in [-0.2, 0) is 19.5 Å². The Morgan fingerprint density at radius 2 is 2.13 bits per heavy atom. The number of nitrogens with one attached hydrogen (secondary N) is 1. The van der Waals surface area contributed by atoms with Gasteiger partial charge >= 0.3 is 0 Å². The van der Waals surface area contributed by atoms with Crippen LogP contribution in [0.2, 0.25) is 0 Å². The summed E-state index contributed by atoms with van der Waals surface area (Å²) in [4.78, 5) is 11.8. The molecule has 1 N–H and O–H groups in total. The van der Waals surface area contributed by atoms with E-state index in [0.29, 0.717) is 5.92 Å². The minimum Gasteiger partial charge on any atom is -0.293 e. The number of H-pyrrole nitrogens is 1. The predicted molar refractivity (Wildman–Crippen MR) is 87.9 cm³/mol. The highest BCUT2D eigenvalue weighted by molar-refractivity contribution is 5.81. The molecular weight excluding hydrogens is 286 g/mol. The molecule has 116 valence electrons. The van der Waals surface area contributed by atoms with E-state index in [-0.39, 0.29) is 0 Å². The number of rotatable bonds is 3. The fourth-order valence-electron chi connectivity index (χ4n) is 3.42. The van der Waals surface area contributed by atoms with Crippen LogP contribution in [-0.4, -0.2) is 31.6 Å². The van der Waals surface area contributed by atoms with Crippen molar-refractivity contribution in [1.82, 2.24) is 25.1 Å². The molecule has 1 fully saturated rings. The number of fused-ring (bicyclic) bond motifs is 2. The Morgan fingerprint density at radius 3 is 3.04 bits per heavy atom. The van der Waals surface area contributed by atoms with E-state index in [1.807, 2.05) is 18.3 Å². The second-order valence-corrected chi connectivity index (χ2v) is 6.65. The van der Waals surface area contributed by atoms with Crippen molar-refractivity contribution >= 4 is 10.9 Å².